The second-order valence-electron chi connectivity index (χ2n) is 8.31. The molecular formula is C26H39N3O+2. The zero-order valence-electron chi connectivity index (χ0n) is 19.2. The summed E-state index contributed by atoms with van der Waals surface area (Å²) in [6.07, 6.45) is 13.8. The summed E-state index contributed by atoms with van der Waals surface area (Å²) >= 11 is 0. The first-order chi connectivity index (χ1) is 14.5. The molecule has 0 aliphatic rings. The quantitative estimate of drug-likeness (QED) is 0.326. The number of aromatic nitrogens is 1. The van der Waals surface area contributed by atoms with E-state index in [1.807, 2.05) is 0 Å². The van der Waals surface area contributed by atoms with Gasteiger partial charge in [-0.1, -0.05) is 36.4 Å². The number of aryl methyl sites for hydroxylation is 1. The molecule has 0 amide bonds. The maximum absolute atomic E-state index is 9.12. The predicted molar refractivity (Wildman–Crippen MR) is 128 cm³/mol. The molecule has 0 aliphatic carbocycles. The van der Waals surface area contributed by atoms with E-state index in [2.05, 4.69) is 111 Å². The van der Waals surface area contributed by atoms with Crippen molar-refractivity contribution < 1.29 is 14.2 Å². The van der Waals surface area contributed by atoms with Crippen molar-refractivity contribution in [1.82, 2.24) is 0 Å². The zero-order chi connectivity index (χ0) is 21.8. The Morgan fingerprint density at radius 2 is 1.43 bits per heavy atom. The fourth-order valence-electron chi connectivity index (χ4n) is 3.51. The molecule has 1 N–H and O–H groups in total. The normalized spacial score (nSPS) is 12.2. The van der Waals surface area contributed by atoms with Crippen LogP contribution in [0.25, 0.3) is 12.2 Å². The van der Waals surface area contributed by atoms with Gasteiger partial charge in [-0.3, -0.25) is 0 Å². The van der Waals surface area contributed by atoms with E-state index >= 15 is 0 Å². The monoisotopic (exact) mass is 409 g/mol. The minimum Gasteiger partial charge on any atom is -0.391 e. The third-order valence-corrected chi connectivity index (χ3v) is 5.51. The number of anilines is 1. The Kier molecular flexibility index (Phi) is 9.78. The molecule has 0 unspecified atom stereocenters. The summed E-state index contributed by atoms with van der Waals surface area (Å²) < 4.78 is 3.09. The van der Waals surface area contributed by atoms with Crippen molar-refractivity contribution in [1.29, 1.82) is 0 Å². The second-order valence-corrected chi connectivity index (χ2v) is 8.31. The maximum Gasteiger partial charge on any atom is 0.169 e. The number of aliphatic hydroxyl groups excluding tert-OH is 1. The molecule has 2 rings (SSSR count). The van der Waals surface area contributed by atoms with Crippen molar-refractivity contribution in [3.63, 3.8) is 0 Å². The molecule has 2 aromatic rings. The average Bonchev–Trinajstić information content (AvgIpc) is 2.74. The summed E-state index contributed by atoms with van der Waals surface area (Å²) in [4.78, 5) is 2.35. The minimum absolute atomic E-state index is 0.247. The Bertz CT molecular complexity index is 788. The average molecular weight is 410 g/mol. The van der Waals surface area contributed by atoms with Crippen molar-refractivity contribution >= 4 is 17.8 Å². The third-order valence-electron chi connectivity index (χ3n) is 5.51. The topological polar surface area (TPSA) is 27.4 Å². The molecule has 0 saturated carbocycles. The van der Waals surface area contributed by atoms with Gasteiger partial charge in [0, 0.05) is 30.9 Å². The molecule has 0 radical (unpaired) electrons. The third kappa shape index (κ3) is 8.13. The van der Waals surface area contributed by atoms with Crippen LogP contribution in [-0.2, 0) is 6.54 Å². The summed E-state index contributed by atoms with van der Waals surface area (Å²) in [7, 11) is 4.34. The number of pyridine rings is 1. The van der Waals surface area contributed by atoms with E-state index in [1.165, 1.54) is 16.8 Å². The molecule has 0 atom stereocenters. The molecule has 4 nitrogen and oxygen atoms in total. The van der Waals surface area contributed by atoms with E-state index in [9.17, 15) is 0 Å². The standard InChI is InChI=1S/C26H39N3O/c1-5-28(6-2)26-14-12-24(13-15-26)10-7-8-11-25-16-19-27(20-17-25)18-9-21-29(3,4)22-23-30/h7-8,10-17,19-20,30H,5-6,9,18,21-23H2,1-4H3/q+2. The summed E-state index contributed by atoms with van der Waals surface area (Å²) in [6.45, 7) is 9.56. The van der Waals surface area contributed by atoms with Gasteiger partial charge in [-0.15, -0.1) is 0 Å². The molecule has 0 aliphatic heterocycles. The fraction of sp³-hybridized carbons (Fsp3) is 0.423. The van der Waals surface area contributed by atoms with Crippen LogP contribution in [0.3, 0.4) is 0 Å². The summed E-state index contributed by atoms with van der Waals surface area (Å²) in [5.41, 5.74) is 3.69. The van der Waals surface area contributed by atoms with Gasteiger partial charge in [0.25, 0.3) is 0 Å². The van der Waals surface area contributed by atoms with Crippen molar-refractivity contribution in [3.05, 3.63) is 72.1 Å². The lowest BCUT2D eigenvalue weighted by atomic mass is 10.1. The molecule has 0 spiro atoms. The van der Waals surface area contributed by atoms with E-state index in [1.54, 1.807) is 0 Å². The number of nitrogens with zero attached hydrogens (tertiary/aromatic N) is 3. The Labute approximate surface area is 183 Å². The van der Waals surface area contributed by atoms with Gasteiger partial charge in [-0.25, -0.2) is 4.57 Å². The fourth-order valence-corrected chi connectivity index (χ4v) is 3.51. The molecule has 0 fully saturated rings. The van der Waals surface area contributed by atoms with Crippen LogP contribution >= 0.6 is 0 Å². The molecule has 4 heteroatoms. The van der Waals surface area contributed by atoms with Gasteiger partial charge in [-0.05, 0) is 37.1 Å². The number of benzene rings is 1. The van der Waals surface area contributed by atoms with Gasteiger partial charge in [0.1, 0.15) is 6.54 Å². The van der Waals surface area contributed by atoms with Gasteiger partial charge < -0.3 is 14.5 Å². The number of allylic oxidation sites excluding steroid dienone is 2. The highest BCUT2D eigenvalue weighted by Gasteiger charge is 2.14. The van der Waals surface area contributed by atoms with Crippen LogP contribution in [0.1, 0.15) is 31.4 Å². The second kappa shape index (κ2) is 12.3. The van der Waals surface area contributed by atoms with Crippen LogP contribution in [-0.4, -0.2) is 56.5 Å². The maximum atomic E-state index is 9.12. The predicted octanol–water partition coefficient (Wildman–Crippen LogP) is 4.01. The smallest absolute Gasteiger partial charge is 0.169 e. The van der Waals surface area contributed by atoms with Gasteiger partial charge >= 0.3 is 0 Å². The molecule has 0 saturated heterocycles. The molecule has 30 heavy (non-hydrogen) atoms. The van der Waals surface area contributed by atoms with E-state index in [0.29, 0.717) is 0 Å². The van der Waals surface area contributed by atoms with Crippen molar-refractivity contribution in [2.45, 2.75) is 26.8 Å². The van der Waals surface area contributed by atoms with E-state index in [4.69, 9.17) is 5.11 Å². The van der Waals surface area contributed by atoms with Crippen LogP contribution in [0, 0.1) is 0 Å². The molecular weight excluding hydrogens is 370 g/mol. The van der Waals surface area contributed by atoms with Gasteiger partial charge in [0.15, 0.2) is 18.9 Å². The largest absolute Gasteiger partial charge is 0.391 e. The lowest BCUT2D eigenvalue weighted by Gasteiger charge is -2.28. The lowest BCUT2D eigenvalue weighted by molar-refractivity contribution is -0.893. The minimum atomic E-state index is 0.247. The first-order valence-electron chi connectivity index (χ1n) is 11.1. The van der Waals surface area contributed by atoms with Crippen LogP contribution in [0.2, 0.25) is 0 Å². The van der Waals surface area contributed by atoms with E-state index in [0.717, 1.165) is 43.6 Å². The highest BCUT2D eigenvalue weighted by Crippen LogP contribution is 2.15. The Hall–Kier alpha value is -2.43. The number of likely N-dealkylation sites (N-methyl/N-ethyl adjacent to an activating group) is 1. The summed E-state index contributed by atoms with van der Waals surface area (Å²) in [5, 5.41) is 9.12. The Balaban J connectivity index is 1.82. The number of quaternary nitrogens is 1. The number of hydrogen-bond acceptors (Lipinski definition) is 2. The molecule has 1 aromatic carbocycles. The van der Waals surface area contributed by atoms with Gasteiger partial charge in [0.05, 0.1) is 33.7 Å². The van der Waals surface area contributed by atoms with E-state index < -0.39 is 0 Å². The number of rotatable bonds is 12. The van der Waals surface area contributed by atoms with Crippen LogP contribution < -0.4 is 9.47 Å². The van der Waals surface area contributed by atoms with Crippen LogP contribution in [0.5, 0.6) is 0 Å². The van der Waals surface area contributed by atoms with E-state index in [-0.39, 0.29) is 6.61 Å². The van der Waals surface area contributed by atoms with Crippen molar-refractivity contribution in [2.75, 3.05) is 51.8 Å². The van der Waals surface area contributed by atoms with Crippen molar-refractivity contribution in [3.8, 4) is 0 Å². The van der Waals surface area contributed by atoms with Crippen molar-refractivity contribution in [2.24, 2.45) is 0 Å². The molecule has 162 valence electrons. The first-order valence-corrected chi connectivity index (χ1v) is 11.1. The summed E-state index contributed by atoms with van der Waals surface area (Å²) in [5.74, 6) is 0. The zero-order valence-corrected chi connectivity index (χ0v) is 19.2. The van der Waals surface area contributed by atoms with Gasteiger partial charge in [-0.2, -0.15) is 0 Å². The molecule has 1 aromatic heterocycles. The van der Waals surface area contributed by atoms with Crippen LogP contribution in [0.4, 0.5) is 5.69 Å². The SMILES string of the molecule is CCN(CC)c1ccc(/C=C\C=C/c2cc[n+](CCC[N+](C)(C)CCO)cc2)cc1. The highest BCUT2D eigenvalue weighted by atomic mass is 16.3. The Morgan fingerprint density at radius 1 is 0.867 bits per heavy atom. The molecule has 0 bridgehead atoms. The highest BCUT2D eigenvalue weighted by molar-refractivity contribution is 5.59. The molecule has 1 heterocycles. The van der Waals surface area contributed by atoms with Crippen LogP contribution in [0.15, 0.2) is 60.9 Å². The Morgan fingerprint density at radius 3 is 1.97 bits per heavy atom. The summed E-state index contributed by atoms with van der Waals surface area (Å²) in [6, 6.07) is 13.0. The first kappa shape index (κ1) is 23.8. The van der Waals surface area contributed by atoms with Gasteiger partial charge in [0.2, 0.25) is 0 Å². The lowest BCUT2D eigenvalue weighted by Crippen LogP contribution is -2.44. The number of hydrogen-bond donors (Lipinski definition) is 1. The number of aliphatic hydroxyl groups is 1.